The van der Waals surface area contributed by atoms with E-state index in [2.05, 4.69) is 28.4 Å². The Labute approximate surface area is 155 Å². The summed E-state index contributed by atoms with van der Waals surface area (Å²) in [7, 11) is 1.94. The highest BCUT2D eigenvalue weighted by Crippen LogP contribution is 2.22. The SMILES string of the molecule is CCn1nc(C)cc1C(=O)N(Cc1cc(C)n(C)n1)C[C@H]1CC=CCC1. The van der Waals surface area contributed by atoms with Crippen molar-refractivity contribution >= 4 is 5.91 Å². The van der Waals surface area contributed by atoms with Crippen molar-refractivity contribution in [2.75, 3.05) is 6.54 Å². The van der Waals surface area contributed by atoms with Crippen molar-refractivity contribution in [1.29, 1.82) is 0 Å². The lowest BCUT2D eigenvalue weighted by Gasteiger charge is -2.28. The lowest BCUT2D eigenvalue weighted by atomic mass is 9.94. The Morgan fingerprint density at radius 2 is 2.08 bits per heavy atom. The number of allylic oxidation sites excluding steroid dienone is 2. The number of carbonyl (C=O) groups excluding carboxylic acids is 1. The molecule has 2 heterocycles. The first kappa shape index (κ1) is 18.4. The number of amides is 1. The van der Waals surface area contributed by atoms with Gasteiger partial charge < -0.3 is 4.90 Å². The Morgan fingerprint density at radius 3 is 2.69 bits per heavy atom. The van der Waals surface area contributed by atoms with Crippen molar-refractivity contribution in [1.82, 2.24) is 24.5 Å². The average Bonchev–Trinajstić information content (AvgIpc) is 3.16. The smallest absolute Gasteiger partial charge is 0.272 e. The minimum atomic E-state index is 0.0466. The van der Waals surface area contributed by atoms with Gasteiger partial charge >= 0.3 is 0 Å². The number of rotatable bonds is 6. The first-order valence-electron chi connectivity index (χ1n) is 9.46. The number of aryl methyl sites for hydroxylation is 4. The molecule has 6 heteroatoms. The first-order valence-corrected chi connectivity index (χ1v) is 9.46. The molecular weight excluding hydrogens is 326 g/mol. The largest absolute Gasteiger partial charge is 0.331 e. The maximum Gasteiger partial charge on any atom is 0.272 e. The number of aromatic nitrogens is 4. The Kier molecular flexibility index (Phi) is 5.59. The Hall–Kier alpha value is -2.37. The molecule has 1 aliphatic carbocycles. The number of nitrogens with zero attached hydrogens (tertiary/aromatic N) is 5. The first-order chi connectivity index (χ1) is 12.5. The van der Waals surface area contributed by atoms with Crippen LogP contribution in [-0.4, -0.2) is 36.9 Å². The maximum absolute atomic E-state index is 13.3. The number of carbonyl (C=O) groups is 1. The summed E-state index contributed by atoms with van der Waals surface area (Å²) in [5, 5.41) is 9.00. The van der Waals surface area contributed by atoms with E-state index in [1.54, 1.807) is 4.68 Å². The predicted molar refractivity (Wildman–Crippen MR) is 102 cm³/mol. The molecule has 0 radical (unpaired) electrons. The van der Waals surface area contributed by atoms with E-state index < -0.39 is 0 Å². The molecule has 0 spiro atoms. The molecule has 0 saturated carbocycles. The summed E-state index contributed by atoms with van der Waals surface area (Å²) in [5.74, 6) is 0.554. The van der Waals surface area contributed by atoms with Crippen molar-refractivity contribution in [3.8, 4) is 0 Å². The summed E-state index contributed by atoms with van der Waals surface area (Å²) in [6.07, 6.45) is 7.74. The van der Waals surface area contributed by atoms with Gasteiger partial charge in [-0.3, -0.25) is 14.2 Å². The van der Waals surface area contributed by atoms with Crippen molar-refractivity contribution in [2.45, 2.75) is 53.1 Å². The molecule has 6 nitrogen and oxygen atoms in total. The highest BCUT2D eigenvalue weighted by atomic mass is 16.2. The molecule has 0 fully saturated rings. The third-order valence-corrected chi connectivity index (χ3v) is 5.08. The summed E-state index contributed by atoms with van der Waals surface area (Å²) in [4.78, 5) is 15.3. The summed E-state index contributed by atoms with van der Waals surface area (Å²) in [6, 6.07) is 3.95. The van der Waals surface area contributed by atoms with Crippen LogP contribution >= 0.6 is 0 Å². The van der Waals surface area contributed by atoms with Gasteiger partial charge in [-0.15, -0.1) is 0 Å². The van der Waals surface area contributed by atoms with E-state index in [9.17, 15) is 4.79 Å². The van der Waals surface area contributed by atoms with E-state index in [1.807, 2.05) is 43.5 Å². The van der Waals surface area contributed by atoms with Gasteiger partial charge in [0.05, 0.1) is 17.9 Å². The lowest BCUT2D eigenvalue weighted by molar-refractivity contribution is 0.0695. The van der Waals surface area contributed by atoms with E-state index in [-0.39, 0.29) is 5.91 Å². The van der Waals surface area contributed by atoms with Gasteiger partial charge in [-0.05, 0) is 58.1 Å². The van der Waals surface area contributed by atoms with Crippen LogP contribution < -0.4 is 0 Å². The fraction of sp³-hybridized carbons (Fsp3) is 0.550. The van der Waals surface area contributed by atoms with Gasteiger partial charge in [-0.25, -0.2) is 0 Å². The Morgan fingerprint density at radius 1 is 1.27 bits per heavy atom. The van der Waals surface area contributed by atoms with E-state index in [0.717, 1.165) is 42.9 Å². The van der Waals surface area contributed by atoms with E-state index in [4.69, 9.17) is 0 Å². The second-order valence-corrected chi connectivity index (χ2v) is 7.22. The molecule has 0 saturated heterocycles. The normalized spacial score (nSPS) is 16.8. The fourth-order valence-electron chi connectivity index (χ4n) is 3.58. The van der Waals surface area contributed by atoms with E-state index in [0.29, 0.717) is 24.7 Å². The van der Waals surface area contributed by atoms with Crippen LogP contribution in [0.4, 0.5) is 0 Å². The standard InChI is InChI=1S/C20H29N5O/c1-5-25-19(11-15(2)21-25)20(26)24(13-17-9-7-6-8-10-17)14-18-12-16(3)23(4)22-18/h6-7,11-12,17H,5,8-10,13-14H2,1-4H3/t17-/m0/s1. The highest BCUT2D eigenvalue weighted by molar-refractivity contribution is 5.92. The molecular formula is C20H29N5O. The Balaban J connectivity index is 1.85. The van der Waals surface area contributed by atoms with Crippen molar-refractivity contribution in [3.63, 3.8) is 0 Å². The monoisotopic (exact) mass is 355 g/mol. The molecule has 0 bridgehead atoms. The van der Waals surface area contributed by atoms with Crippen LogP contribution in [0.1, 0.15) is 53.8 Å². The predicted octanol–water partition coefficient (Wildman–Crippen LogP) is 3.25. The second-order valence-electron chi connectivity index (χ2n) is 7.22. The van der Waals surface area contributed by atoms with E-state index in [1.165, 1.54) is 0 Å². The quantitative estimate of drug-likeness (QED) is 0.748. The van der Waals surface area contributed by atoms with Gasteiger partial charge in [0.25, 0.3) is 5.91 Å². The third kappa shape index (κ3) is 4.06. The maximum atomic E-state index is 13.3. The highest BCUT2D eigenvalue weighted by Gasteiger charge is 2.24. The molecule has 2 aromatic heterocycles. The summed E-state index contributed by atoms with van der Waals surface area (Å²) in [6.45, 7) is 7.96. The minimum absolute atomic E-state index is 0.0466. The molecule has 0 aliphatic heterocycles. The van der Waals surface area contributed by atoms with E-state index >= 15 is 0 Å². The molecule has 0 aromatic carbocycles. The summed E-state index contributed by atoms with van der Waals surface area (Å²) >= 11 is 0. The molecule has 0 N–H and O–H groups in total. The number of hydrogen-bond acceptors (Lipinski definition) is 3. The average molecular weight is 355 g/mol. The van der Waals surface area contributed by atoms with Gasteiger partial charge in [0, 0.05) is 25.8 Å². The zero-order chi connectivity index (χ0) is 18.7. The van der Waals surface area contributed by atoms with Crippen molar-refractivity contribution < 1.29 is 4.79 Å². The molecule has 26 heavy (non-hydrogen) atoms. The topological polar surface area (TPSA) is 56.0 Å². The molecule has 1 atom stereocenters. The minimum Gasteiger partial charge on any atom is -0.331 e. The molecule has 2 aromatic rings. The van der Waals surface area contributed by atoms with Crippen LogP contribution in [0.15, 0.2) is 24.3 Å². The molecule has 3 rings (SSSR count). The van der Waals surface area contributed by atoms with Gasteiger partial charge in [-0.2, -0.15) is 10.2 Å². The zero-order valence-corrected chi connectivity index (χ0v) is 16.3. The van der Waals surface area contributed by atoms with Gasteiger partial charge in [0.1, 0.15) is 5.69 Å². The van der Waals surface area contributed by atoms with Crippen LogP contribution in [0.2, 0.25) is 0 Å². The van der Waals surface area contributed by atoms with Gasteiger partial charge in [0.2, 0.25) is 0 Å². The molecule has 1 amide bonds. The lowest BCUT2D eigenvalue weighted by Crippen LogP contribution is -2.36. The van der Waals surface area contributed by atoms with Crippen LogP contribution in [0.5, 0.6) is 0 Å². The van der Waals surface area contributed by atoms with Crippen molar-refractivity contribution in [2.24, 2.45) is 13.0 Å². The summed E-state index contributed by atoms with van der Waals surface area (Å²) < 4.78 is 3.66. The Bertz CT molecular complexity index is 782. The number of hydrogen-bond donors (Lipinski definition) is 0. The fourth-order valence-corrected chi connectivity index (χ4v) is 3.58. The van der Waals surface area contributed by atoms with Crippen LogP contribution in [0, 0.1) is 19.8 Å². The molecule has 140 valence electrons. The third-order valence-electron chi connectivity index (χ3n) is 5.08. The van der Waals surface area contributed by atoms with Crippen LogP contribution in [-0.2, 0) is 20.1 Å². The molecule has 1 aliphatic rings. The van der Waals surface area contributed by atoms with Gasteiger partial charge in [0.15, 0.2) is 0 Å². The van der Waals surface area contributed by atoms with Crippen molar-refractivity contribution in [3.05, 3.63) is 47.1 Å². The van der Waals surface area contributed by atoms with Crippen LogP contribution in [0.3, 0.4) is 0 Å². The van der Waals surface area contributed by atoms with Crippen LogP contribution in [0.25, 0.3) is 0 Å². The summed E-state index contributed by atoms with van der Waals surface area (Å²) in [5.41, 5.74) is 3.58. The van der Waals surface area contributed by atoms with Gasteiger partial charge in [-0.1, -0.05) is 12.2 Å². The molecule has 0 unspecified atom stereocenters. The zero-order valence-electron chi connectivity index (χ0n) is 16.3. The second kappa shape index (κ2) is 7.89.